The van der Waals surface area contributed by atoms with Gasteiger partial charge >= 0.3 is 5.97 Å². The molecule has 0 aliphatic rings. The average molecular weight is 405 g/mol. The number of methoxy groups -OCH3 is 1. The Bertz CT molecular complexity index is 1020. The Kier molecular flexibility index (Phi) is 6.53. The summed E-state index contributed by atoms with van der Waals surface area (Å²) in [5.41, 5.74) is 1.49. The number of fused-ring (bicyclic) bond motifs is 1. The van der Waals surface area contributed by atoms with Gasteiger partial charge in [-0.3, -0.25) is 9.69 Å². The number of aryl methyl sites for hydroxylation is 1. The van der Waals surface area contributed by atoms with E-state index in [2.05, 4.69) is 9.72 Å². The molecule has 0 aliphatic heterocycles. The third kappa shape index (κ3) is 4.76. The molecule has 0 saturated heterocycles. The maximum absolute atomic E-state index is 14.2. The number of aromatic nitrogens is 2. The molecule has 0 atom stereocenters. The summed E-state index contributed by atoms with van der Waals surface area (Å²) in [6.45, 7) is 3.18. The molecule has 0 radical (unpaired) electrons. The smallest absolute Gasteiger partial charge is 0.306 e. The fourth-order valence-electron chi connectivity index (χ4n) is 3.30. The van der Waals surface area contributed by atoms with Gasteiger partial charge in [0.1, 0.15) is 11.6 Å². The van der Waals surface area contributed by atoms with Crippen LogP contribution in [0.5, 0.6) is 0 Å². The molecule has 1 aromatic heterocycles. The van der Waals surface area contributed by atoms with Crippen molar-refractivity contribution in [3.63, 3.8) is 0 Å². The van der Waals surface area contributed by atoms with Crippen LogP contribution in [-0.2, 0) is 29.2 Å². The predicted molar refractivity (Wildman–Crippen MR) is 102 cm³/mol. The van der Waals surface area contributed by atoms with Crippen LogP contribution in [0, 0.1) is 17.5 Å². The highest BCUT2D eigenvalue weighted by molar-refractivity contribution is 5.76. The zero-order valence-corrected chi connectivity index (χ0v) is 16.3. The molecule has 0 bridgehead atoms. The van der Waals surface area contributed by atoms with Crippen molar-refractivity contribution < 1.29 is 22.7 Å². The van der Waals surface area contributed by atoms with Gasteiger partial charge in [-0.2, -0.15) is 0 Å². The molecule has 0 amide bonds. The molecule has 5 nitrogen and oxygen atoms in total. The second kappa shape index (κ2) is 9.09. The van der Waals surface area contributed by atoms with E-state index in [9.17, 15) is 18.0 Å². The van der Waals surface area contributed by atoms with Crippen molar-refractivity contribution in [1.29, 1.82) is 0 Å². The highest BCUT2D eigenvalue weighted by Crippen LogP contribution is 2.21. The summed E-state index contributed by atoms with van der Waals surface area (Å²) in [5, 5.41) is 0. The molecule has 3 rings (SSSR count). The zero-order chi connectivity index (χ0) is 21.0. The van der Waals surface area contributed by atoms with Crippen LogP contribution in [0.2, 0.25) is 0 Å². The van der Waals surface area contributed by atoms with E-state index in [1.165, 1.54) is 31.4 Å². The number of carbonyl (C=O) groups is 1. The lowest BCUT2D eigenvalue weighted by atomic mass is 10.2. The Morgan fingerprint density at radius 3 is 2.69 bits per heavy atom. The number of esters is 1. The molecular formula is C21H22F3N3O2. The van der Waals surface area contributed by atoms with Gasteiger partial charge in [0.25, 0.3) is 0 Å². The third-order valence-corrected chi connectivity index (χ3v) is 4.76. The summed E-state index contributed by atoms with van der Waals surface area (Å²) < 4.78 is 48.0. The molecule has 0 spiro atoms. The summed E-state index contributed by atoms with van der Waals surface area (Å²) in [6.07, 6.45) is 0.0917. The highest BCUT2D eigenvalue weighted by atomic mass is 19.2. The molecule has 1 heterocycles. The average Bonchev–Trinajstić information content (AvgIpc) is 3.05. The van der Waals surface area contributed by atoms with E-state index in [-0.39, 0.29) is 37.4 Å². The van der Waals surface area contributed by atoms with E-state index >= 15 is 0 Å². The first-order chi connectivity index (χ1) is 13.9. The third-order valence-electron chi connectivity index (χ3n) is 4.76. The fourth-order valence-corrected chi connectivity index (χ4v) is 3.30. The predicted octanol–water partition coefficient (Wildman–Crippen LogP) is 4.04. The summed E-state index contributed by atoms with van der Waals surface area (Å²) in [4.78, 5) is 17.9. The van der Waals surface area contributed by atoms with Gasteiger partial charge in [0.15, 0.2) is 11.6 Å². The number of ether oxygens (including phenoxy) is 1. The lowest BCUT2D eigenvalue weighted by Gasteiger charge is -2.22. The van der Waals surface area contributed by atoms with Gasteiger partial charge in [-0.05, 0) is 25.1 Å². The van der Waals surface area contributed by atoms with Crippen molar-refractivity contribution >= 4 is 17.0 Å². The zero-order valence-electron chi connectivity index (χ0n) is 16.3. The van der Waals surface area contributed by atoms with Crippen LogP contribution in [0.25, 0.3) is 11.0 Å². The first-order valence-corrected chi connectivity index (χ1v) is 9.29. The maximum Gasteiger partial charge on any atom is 0.306 e. The summed E-state index contributed by atoms with van der Waals surface area (Å²) in [7, 11) is 1.30. The SMILES string of the molecule is CCn1c(CN(CCC(=O)OC)Cc2cccc(F)c2F)nc2cc(F)ccc21. The van der Waals surface area contributed by atoms with Gasteiger partial charge in [0, 0.05) is 31.3 Å². The van der Waals surface area contributed by atoms with Gasteiger partial charge in [0.05, 0.1) is 31.1 Å². The Hall–Kier alpha value is -2.87. The van der Waals surface area contributed by atoms with Crippen LogP contribution in [0.1, 0.15) is 24.7 Å². The van der Waals surface area contributed by atoms with Crippen molar-refractivity contribution in [2.75, 3.05) is 13.7 Å². The van der Waals surface area contributed by atoms with Gasteiger partial charge < -0.3 is 9.30 Å². The van der Waals surface area contributed by atoms with E-state index < -0.39 is 17.6 Å². The highest BCUT2D eigenvalue weighted by Gasteiger charge is 2.18. The number of benzene rings is 2. The number of rotatable bonds is 8. The molecule has 3 aromatic rings. The number of nitrogens with zero attached hydrogens (tertiary/aromatic N) is 3. The molecule has 0 saturated carbocycles. The monoisotopic (exact) mass is 405 g/mol. The van der Waals surface area contributed by atoms with E-state index in [4.69, 9.17) is 0 Å². The molecule has 0 aliphatic carbocycles. The Balaban J connectivity index is 1.90. The largest absolute Gasteiger partial charge is 0.469 e. The van der Waals surface area contributed by atoms with Crippen LogP contribution >= 0.6 is 0 Å². The Labute approximate surface area is 166 Å². The topological polar surface area (TPSA) is 47.4 Å². The number of carbonyl (C=O) groups excluding carboxylic acids is 1. The molecule has 0 fully saturated rings. The van der Waals surface area contributed by atoms with Crippen LogP contribution in [0.3, 0.4) is 0 Å². The van der Waals surface area contributed by atoms with Gasteiger partial charge in [-0.25, -0.2) is 18.2 Å². The molecule has 29 heavy (non-hydrogen) atoms. The van der Waals surface area contributed by atoms with Gasteiger partial charge in [0.2, 0.25) is 0 Å². The van der Waals surface area contributed by atoms with Crippen molar-refractivity contribution in [1.82, 2.24) is 14.5 Å². The minimum Gasteiger partial charge on any atom is -0.469 e. The molecular weight excluding hydrogens is 383 g/mol. The van der Waals surface area contributed by atoms with E-state index in [1.807, 2.05) is 11.5 Å². The molecule has 8 heteroatoms. The Morgan fingerprint density at radius 1 is 1.17 bits per heavy atom. The maximum atomic E-state index is 14.2. The molecule has 154 valence electrons. The number of halogens is 3. The molecule has 2 aromatic carbocycles. The summed E-state index contributed by atoms with van der Waals surface area (Å²) in [6, 6.07) is 8.39. The minimum absolute atomic E-state index is 0.0852. The lowest BCUT2D eigenvalue weighted by Crippen LogP contribution is -2.28. The Morgan fingerprint density at radius 2 is 1.97 bits per heavy atom. The first kappa shape index (κ1) is 20.9. The second-order valence-electron chi connectivity index (χ2n) is 6.66. The summed E-state index contributed by atoms with van der Waals surface area (Å²) in [5.74, 6) is -1.97. The van der Waals surface area contributed by atoms with Gasteiger partial charge in [-0.1, -0.05) is 12.1 Å². The van der Waals surface area contributed by atoms with E-state index in [0.29, 0.717) is 17.9 Å². The fraction of sp³-hybridized carbons (Fsp3) is 0.333. The minimum atomic E-state index is -0.924. The van der Waals surface area contributed by atoms with E-state index in [1.54, 1.807) is 11.0 Å². The molecule has 0 N–H and O–H groups in total. The second-order valence-corrected chi connectivity index (χ2v) is 6.66. The van der Waals surface area contributed by atoms with Crippen LogP contribution in [-0.4, -0.2) is 34.1 Å². The lowest BCUT2D eigenvalue weighted by molar-refractivity contribution is -0.141. The van der Waals surface area contributed by atoms with Crippen LogP contribution < -0.4 is 0 Å². The van der Waals surface area contributed by atoms with Crippen molar-refractivity contribution in [3.8, 4) is 0 Å². The number of hydrogen-bond donors (Lipinski definition) is 0. The van der Waals surface area contributed by atoms with Crippen molar-refractivity contribution in [2.45, 2.75) is 33.0 Å². The quantitative estimate of drug-likeness (QED) is 0.531. The van der Waals surface area contributed by atoms with E-state index in [0.717, 1.165) is 11.6 Å². The van der Waals surface area contributed by atoms with Crippen LogP contribution in [0.4, 0.5) is 13.2 Å². The standard InChI is InChI=1S/C21H22F3N3O2/c1-3-27-18-8-7-15(22)11-17(18)25-19(27)13-26(10-9-20(28)29-2)12-14-5-4-6-16(23)21(14)24/h4-8,11H,3,9-10,12-13H2,1-2H3. The molecule has 0 unspecified atom stereocenters. The van der Waals surface area contributed by atoms with Crippen LogP contribution in [0.15, 0.2) is 36.4 Å². The summed E-state index contributed by atoms with van der Waals surface area (Å²) >= 11 is 0. The first-order valence-electron chi connectivity index (χ1n) is 9.29. The van der Waals surface area contributed by atoms with Gasteiger partial charge in [-0.15, -0.1) is 0 Å². The number of imidazole rings is 1. The van der Waals surface area contributed by atoms with Crippen molar-refractivity contribution in [3.05, 3.63) is 65.2 Å². The van der Waals surface area contributed by atoms with Crippen molar-refractivity contribution in [2.24, 2.45) is 0 Å². The normalized spacial score (nSPS) is 11.4. The number of hydrogen-bond acceptors (Lipinski definition) is 4.